The van der Waals surface area contributed by atoms with Crippen LogP contribution < -0.4 is 16.0 Å². The van der Waals surface area contributed by atoms with E-state index in [1.54, 1.807) is 33.8 Å². The fraction of sp³-hybridized carbons (Fsp3) is 0.622. The number of aliphatic hydroxyl groups excluding tert-OH is 1. The predicted octanol–water partition coefficient (Wildman–Crippen LogP) is 3.63. The van der Waals surface area contributed by atoms with Gasteiger partial charge in [-0.2, -0.15) is 0 Å². The molecule has 15 nitrogen and oxygen atoms in total. The lowest BCUT2D eigenvalue weighted by Crippen LogP contribution is -2.57. The van der Waals surface area contributed by atoms with Crippen molar-refractivity contribution in [3.05, 3.63) is 59.2 Å². The summed E-state index contributed by atoms with van der Waals surface area (Å²) in [5.74, 6) is -5.76. The van der Waals surface area contributed by atoms with Gasteiger partial charge < -0.3 is 40.3 Å². The summed E-state index contributed by atoms with van der Waals surface area (Å²) in [5, 5.41) is 19.3. The van der Waals surface area contributed by atoms with Gasteiger partial charge in [0, 0.05) is 25.6 Å². The van der Waals surface area contributed by atoms with Gasteiger partial charge in [0.2, 0.25) is 23.6 Å². The Morgan fingerprint density at radius 3 is 2.10 bits per heavy atom. The normalized spacial score (nSPS) is 28.5. The average molecular weight is 840 g/mol. The van der Waals surface area contributed by atoms with Crippen molar-refractivity contribution in [3.63, 3.8) is 0 Å². The third-order valence-electron chi connectivity index (χ3n) is 11.1. The molecule has 4 N–H and O–H groups in total. The Labute approximate surface area is 356 Å². The van der Waals surface area contributed by atoms with Crippen molar-refractivity contribution in [3.8, 4) is 0 Å². The summed E-state index contributed by atoms with van der Waals surface area (Å²) in [6.45, 7) is 16.5. The van der Waals surface area contributed by atoms with E-state index in [4.69, 9.17) is 9.47 Å². The first-order valence-corrected chi connectivity index (χ1v) is 21.0. The first-order valence-electron chi connectivity index (χ1n) is 21.0. The van der Waals surface area contributed by atoms with Crippen molar-refractivity contribution in [1.29, 1.82) is 0 Å². The first kappa shape index (κ1) is 51.1. The van der Waals surface area contributed by atoms with Gasteiger partial charge in [0.25, 0.3) is 5.91 Å². The highest BCUT2D eigenvalue weighted by Crippen LogP contribution is 2.24. The number of nitrogens with zero attached hydrogens (tertiary/aromatic N) is 2. The molecule has 0 saturated heterocycles. The van der Waals surface area contributed by atoms with E-state index >= 15 is 0 Å². The Hall–Kier alpha value is -5.05. The summed E-state index contributed by atoms with van der Waals surface area (Å²) in [7, 11) is 2.88. The second-order valence-electron chi connectivity index (χ2n) is 16.5. The molecule has 0 radical (unpaired) electrons. The minimum atomic E-state index is -1.26. The van der Waals surface area contributed by atoms with Gasteiger partial charge in [0.1, 0.15) is 30.3 Å². The molecule has 1 aromatic rings. The van der Waals surface area contributed by atoms with E-state index in [0.29, 0.717) is 18.4 Å². The van der Waals surface area contributed by atoms with Gasteiger partial charge in [0.05, 0.1) is 12.6 Å². The molecule has 60 heavy (non-hydrogen) atoms. The number of hydrogen-bond acceptors (Lipinski definition) is 10. The Kier molecular flexibility index (Phi) is 20.7. The molecule has 9 atom stereocenters. The number of aryl methyl sites for hydroxylation is 1. The zero-order valence-electron chi connectivity index (χ0n) is 37.6. The molecule has 5 amide bonds. The fourth-order valence-corrected chi connectivity index (χ4v) is 6.75. The summed E-state index contributed by atoms with van der Waals surface area (Å²) >= 11 is 0. The molecule has 334 valence electrons. The number of aliphatic hydroxyl groups is 1. The third-order valence-corrected chi connectivity index (χ3v) is 11.1. The van der Waals surface area contributed by atoms with Gasteiger partial charge in [0.15, 0.2) is 6.10 Å². The van der Waals surface area contributed by atoms with Gasteiger partial charge in [-0.3, -0.25) is 24.0 Å². The second kappa shape index (κ2) is 24.3. The molecule has 2 rings (SSSR count). The lowest BCUT2D eigenvalue weighted by molar-refractivity contribution is -0.155. The maximum absolute atomic E-state index is 14.1. The van der Waals surface area contributed by atoms with Crippen molar-refractivity contribution in [2.75, 3.05) is 20.6 Å². The highest BCUT2D eigenvalue weighted by atomic mass is 16.6. The number of allylic oxidation sites excluding steroid dienone is 1. The van der Waals surface area contributed by atoms with Crippen LogP contribution in [0.15, 0.2) is 53.6 Å². The second-order valence-corrected chi connectivity index (χ2v) is 16.5. The molecule has 1 aromatic carbocycles. The van der Waals surface area contributed by atoms with E-state index in [-0.39, 0.29) is 36.7 Å². The Balaban J connectivity index is 2.60. The van der Waals surface area contributed by atoms with Crippen molar-refractivity contribution in [2.45, 2.75) is 144 Å². The van der Waals surface area contributed by atoms with Crippen LogP contribution in [0, 0.1) is 17.8 Å². The molecule has 0 spiro atoms. The van der Waals surface area contributed by atoms with Gasteiger partial charge in [-0.1, -0.05) is 83.5 Å². The maximum Gasteiger partial charge on any atom is 0.334 e. The number of cyclic esters (lactones) is 2. The van der Waals surface area contributed by atoms with Crippen molar-refractivity contribution in [1.82, 2.24) is 25.8 Å². The topological polar surface area (TPSA) is 201 Å². The van der Waals surface area contributed by atoms with E-state index in [0.717, 1.165) is 5.56 Å². The lowest BCUT2D eigenvalue weighted by Gasteiger charge is -2.33. The number of benzene rings is 1. The van der Waals surface area contributed by atoms with Gasteiger partial charge >= 0.3 is 11.9 Å². The van der Waals surface area contributed by atoms with Crippen molar-refractivity contribution < 1.29 is 48.1 Å². The first-order chi connectivity index (χ1) is 28.1. The van der Waals surface area contributed by atoms with Crippen molar-refractivity contribution >= 4 is 41.5 Å². The van der Waals surface area contributed by atoms with E-state index in [1.165, 1.54) is 50.7 Å². The highest BCUT2D eigenvalue weighted by Gasteiger charge is 2.36. The fourth-order valence-electron chi connectivity index (χ4n) is 6.75. The standard InChI is InChI=1S/C45H69N5O10/c1-13-27(5)38-41(54)47-32(10)45(58)60-39(28(6)14-2)30(8)35(51)23-20-29(7)44(57)59-36(24-26(3)4)40(53)46-31(9)42(55)50(12)34(22-21-33-18-16-15-17-19-33)43(56)49(11)25-37(52)48-38/h14-20,26-27,30-32,34-36,38-39,51H,13,21-25H2,1-12H3,(H,46,53)(H,47,54)(H,48,52)/b28-14+,29-20+/t27?,30-,31-,32+,34+,35-,36+,38?,39+/m0/s1. The molecular weight excluding hydrogens is 771 g/mol. The lowest BCUT2D eigenvalue weighted by atomic mass is 9.90. The number of carbonyl (C=O) groups excluding carboxylic acids is 7. The minimum absolute atomic E-state index is 0.0199. The molecular formula is C45H69N5O10. The summed E-state index contributed by atoms with van der Waals surface area (Å²) in [4.78, 5) is 98.1. The van der Waals surface area contributed by atoms with E-state index in [1.807, 2.05) is 51.1 Å². The van der Waals surface area contributed by atoms with E-state index in [9.17, 15) is 38.7 Å². The van der Waals surface area contributed by atoms with Crippen LogP contribution in [0.4, 0.5) is 0 Å². The van der Waals surface area contributed by atoms with E-state index < -0.39 is 96.4 Å². The molecule has 0 aromatic heterocycles. The van der Waals surface area contributed by atoms with Gasteiger partial charge in [-0.05, 0) is 83.3 Å². The smallest absolute Gasteiger partial charge is 0.334 e. The zero-order chi connectivity index (χ0) is 45.4. The summed E-state index contributed by atoms with van der Waals surface area (Å²) in [6.07, 6.45) is 1.22. The molecule has 0 saturated carbocycles. The largest absolute Gasteiger partial charge is 0.456 e. The molecule has 0 aliphatic carbocycles. The molecule has 1 aliphatic rings. The molecule has 1 heterocycles. The Morgan fingerprint density at radius 2 is 1.52 bits per heavy atom. The maximum atomic E-state index is 14.1. The molecule has 15 heteroatoms. The number of rotatable bonds is 8. The van der Waals surface area contributed by atoms with Crippen LogP contribution in [-0.2, 0) is 49.5 Å². The van der Waals surface area contributed by atoms with Gasteiger partial charge in [-0.25, -0.2) is 9.59 Å². The zero-order valence-corrected chi connectivity index (χ0v) is 37.6. The predicted molar refractivity (Wildman–Crippen MR) is 228 cm³/mol. The number of nitrogens with one attached hydrogen (secondary N) is 3. The average Bonchev–Trinajstić information content (AvgIpc) is 3.21. The number of carbonyl (C=O) groups is 7. The molecule has 1 aliphatic heterocycles. The van der Waals surface area contributed by atoms with Crippen LogP contribution in [0.3, 0.4) is 0 Å². The van der Waals surface area contributed by atoms with Crippen LogP contribution >= 0.6 is 0 Å². The van der Waals surface area contributed by atoms with Crippen LogP contribution in [0.5, 0.6) is 0 Å². The quantitative estimate of drug-likeness (QED) is 0.222. The number of hydrogen-bond donors (Lipinski definition) is 4. The highest BCUT2D eigenvalue weighted by molar-refractivity contribution is 5.96. The molecule has 0 fully saturated rings. The number of amides is 5. The number of likely N-dealkylation sites (N-methyl/N-ethyl adjacent to an activating group) is 2. The third kappa shape index (κ3) is 15.2. The van der Waals surface area contributed by atoms with Crippen LogP contribution in [-0.4, -0.2) is 120 Å². The van der Waals surface area contributed by atoms with E-state index in [2.05, 4.69) is 16.0 Å². The Bertz CT molecular complexity index is 1710. The summed E-state index contributed by atoms with van der Waals surface area (Å²) in [6, 6.07) is 4.97. The number of esters is 2. The molecule has 2 unspecified atom stereocenters. The Morgan fingerprint density at radius 1 is 0.900 bits per heavy atom. The summed E-state index contributed by atoms with van der Waals surface area (Å²) in [5.41, 5.74) is 1.70. The summed E-state index contributed by atoms with van der Waals surface area (Å²) < 4.78 is 11.5. The van der Waals surface area contributed by atoms with Gasteiger partial charge in [-0.15, -0.1) is 0 Å². The van der Waals surface area contributed by atoms with Crippen molar-refractivity contribution in [2.24, 2.45) is 17.8 Å². The van der Waals surface area contributed by atoms with Crippen LogP contribution in [0.2, 0.25) is 0 Å². The van der Waals surface area contributed by atoms with Crippen LogP contribution in [0.1, 0.15) is 100 Å². The molecule has 0 bridgehead atoms. The number of ether oxygens (including phenoxy) is 2. The minimum Gasteiger partial charge on any atom is -0.456 e. The van der Waals surface area contributed by atoms with Crippen LogP contribution in [0.25, 0.3) is 0 Å². The SMILES string of the molecule is C/C=C(\C)[C@H]1OC(=O)[C@@H](C)NC(=O)C(C(C)CC)NC(=O)CN(C)C(=O)[C@@H](CCc2ccccc2)N(C)C(=O)[C@H](C)NC(=O)[C@@H](CC(C)C)OC(=O)/C(C)=C/C[C@H](O)[C@@H]1C. The monoisotopic (exact) mass is 840 g/mol.